The van der Waals surface area contributed by atoms with Crippen LogP contribution >= 0.6 is 15.9 Å². The zero-order chi connectivity index (χ0) is 17.7. The minimum absolute atomic E-state index is 0.107. The molecule has 0 fully saturated rings. The number of esters is 1. The molecule has 0 spiro atoms. The smallest absolute Gasteiger partial charge is 0.336 e. The molecule has 1 aromatic heterocycles. The summed E-state index contributed by atoms with van der Waals surface area (Å²) in [6.07, 6.45) is 0. The van der Waals surface area contributed by atoms with Crippen LogP contribution in [0.2, 0.25) is 0 Å². The van der Waals surface area contributed by atoms with E-state index >= 15 is 0 Å². The van der Waals surface area contributed by atoms with Gasteiger partial charge in [0.05, 0.1) is 24.3 Å². The van der Waals surface area contributed by atoms with Crippen LogP contribution in [0.3, 0.4) is 0 Å². The first kappa shape index (κ1) is 15.9. The van der Waals surface area contributed by atoms with Gasteiger partial charge in [0.25, 0.3) is 0 Å². The lowest BCUT2D eigenvalue weighted by molar-refractivity contribution is -0.136. The molecule has 2 heterocycles. The molecular formula is C19H14BrNO4. The summed E-state index contributed by atoms with van der Waals surface area (Å²) >= 11 is 3.29. The van der Waals surface area contributed by atoms with E-state index < -0.39 is 11.9 Å². The quantitative estimate of drug-likeness (QED) is 0.778. The van der Waals surface area contributed by atoms with Crippen LogP contribution in [-0.4, -0.2) is 18.9 Å². The first-order valence-corrected chi connectivity index (χ1v) is 8.51. The molecule has 1 atom stereocenters. The zero-order valence-electron chi connectivity index (χ0n) is 13.6. The van der Waals surface area contributed by atoms with Gasteiger partial charge in [-0.2, -0.15) is 0 Å². The van der Waals surface area contributed by atoms with Crippen LogP contribution in [0.1, 0.15) is 34.5 Å². The van der Waals surface area contributed by atoms with E-state index in [1.54, 1.807) is 25.1 Å². The van der Waals surface area contributed by atoms with E-state index in [9.17, 15) is 9.59 Å². The summed E-state index contributed by atoms with van der Waals surface area (Å²) in [5, 5.41) is 3.22. The number of allylic oxidation sites excluding steroid dienone is 2. The third-order valence-electron chi connectivity index (χ3n) is 4.53. The summed E-state index contributed by atoms with van der Waals surface area (Å²) < 4.78 is 11.2. The molecule has 0 unspecified atom stereocenters. The molecule has 0 amide bonds. The van der Waals surface area contributed by atoms with Gasteiger partial charge in [0.1, 0.15) is 5.76 Å². The normalized spacial score (nSPS) is 18.8. The average molecular weight is 400 g/mol. The molecule has 5 nitrogen and oxygen atoms in total. The van der Waals surface area contributed by atoms with Gasteiger partial charge in [0, 0.05) is 22.4 Å². The third kappa shape index (κ3) is 2.28. The molecule has 126 valence electrons. The van der Waals surface area contributed by atoms with Gasteiger partial charge in [-0.15, -0.1) is 0 Å². The second-order valence-corrected chi connectivity index (χ2v) is 6.68. The highest BCUT2D eigenvalue weighted by atomic mass is 79.9. The number of Topliss-reactive ketones (excluding diaryl/α,β-unsaturated/α-hetero) is 1. The van der Waals surface area contributed by atoms with Crippen LogP contribution in [0.25, 0.3) is 5.70 Å². The summed E-state index contributed by atoms with van der Waals surface area (Å²) in [4.78, 5) is 25.5. The first-order chi connectivity index (χ1) is 12.0. The molecule has 1 aliphatic carbocycles. The van der Waals surface area contributed by atoms with Crippen LogP contribution in [0.15, 0.2) is 62.3 Å². The zero-order valence-corrected chi connectivity index (χ0v) is 15.1. The second kappa shape index (κ2) is 5.74. The highest BCUT2D eigenvalue weighted by molar-refractivity contribution is 9.10. The van der Waals surface area contributed by atoms with Crippen molar-refractivity contribution in [1.82, 2.24) is 5.32 Å². The molecule has 2 aliphatic rings. The van der Waals surface area contributed by atoms with Crippen molar-refractivity contribution in [2.45, 2.75) is 12.8 Å². The molecule has 4 rings (SSSR count). The summed E-state index contributed by atoms with van der Waals surface area (Å²) in [6.45, 7) is 1.80. The Balaban J connectivity index is 1.96. The fourth-order valence-corrected chi connectivity index (χ4v) is 3.80. The Morgan fingerprint density at radius 1 is 1.20 bits per heavy atom. The number of methoxy groups -OCH3 is 1. The number of carbonyl (C=O) groups is 2. The number of benzene rings is 1. The van der Waals surface area contributed by atoms with Gasteiger partial charge >= 0.3 is 5.97 Å². The van der Waals surface area contributed by atoms with Crippen molar-refractivity contribution in [3.63, 3.8) is 0 Å². The third-order valence-corrected chi connectivity index (χ3v) is 4.96. The van der Waals surface area contributed by atoms with Crippen LogP contribution in [0.4, 0.5) is 0 Å². The van der Waals surface area contributed by atoms with Crippen LogP contribution in [0, 0.1) is 0 Å². The predicted octanol–water partition coefficient (Wildman–Crippen LogP) is 3.78. The van der Waals surface area contributed by atoms with Gasteiger partial charge < -0.3 is 14.5 Å². The molecule has 0 saturated carbocycles. The standard InChI is InChI=1S/C19H14BrNO4/c1-9-14(19(23)24-2)15(12-7-8-13(20)25-12)16-17(21-9)10-5-3-4-6-11(10)18(16)22/h3-8,15,21H,1-2H3/t15-/m0/s1. The molecule has 1 aliphatic heterocycles. The summed E-state index contributed by atoms with van der Waals surface area (Å²) in [5.74, 6) is -0.695. The number of furan rings is 1. The first-order valence-electron chi connectivity index (χ1n) is 7.72. The number of fused-ring (bicyclic) bond motifs is 2. The SMILES string of the molecule is COC(=O)C1=C(C)NC2=C(C(=O)c3ccccc32)[C@H]1c1ccc(Br)o1. The summed E-state index contributed by atoms with van der Waals surface area (Å²) in [6, 6.07) is 10.9. The molecule has 0 saturated heterocycles. The number of hydrogen-bond donors (Lipinski definition) is 1. The Hall–Kier alpha value is -2.60. The number of ketones is 1. The van der Waals surface area contributed by atoms with Crippen molar-refractivity contribution in [3.8, 4) is 0 Å². The maximum Gasteiger partial charge on any atom is 0.336 e. The van der Waals surface area contributed by atoms with Gasteiger partial charge in [-0.25, -0.2) is 4.79 Å². The lowest BCUT2D eigenvalue weighted by Crippen LogP contribution is -2.28. The molecular weight excluding hydrogens is 386 g/mol. The highest BCUT2D eigenvalue weighted by Crippen LogP contribution is 2.47. The Morgan fingerprint density at radius 2 is 1.92 bits per heavy atom. The van der Waals surface area contributed by atoms with Crippen molar-refractivity contribution >= 4 is 33.4 Å². The van der Waals surface area contributed by atoms with E-state index in [0.717, 1.165) is 11.3 Å². The van der Waals surface area contributed by atoms with Gasteiger partial charge in [-0.05, 0) is 35.0 Å². The summed E-state index contributed by atoms with van der Waals surface area (Å²) in [5.41, 5.74) is 3.71. The minimum Gasteiger partial charge on any atom is -0.466 e. The Labute approximate surface area is 152 Å². The van der Waals surface area contributed by atoms with Crippen molar-refractivity contribution < 1.29 is 18.7 Å². The van der Waals surface area contributed by atoms with Crippen LogP contribution in [0.5, 0.6) is 0 Å². The number of hydrogen-bond acceptors (Lipinski definition) is 5. The highest BCUT2D eigenvalue weighted by Gasteiger charge is 2.44. The van der Waals surface area contributed by atoms with Crippen molar-refractivity contribution in [2.75, 3.05) is 7.11 Å². The number of ether oxygens (including phenoxy) is 1. The molecule has 25 heavy (non-hydrogen) atoms. The molecule has 0 radical (unpaired) electrons. The lowest BCUT2D eigenvalue weighted by atomic mass is 9.83. The largest absolute Gasteiger partial charge is 0.466 e. The summed E-state index contributed by atoms with van der Waals surface area (Å²) in [7, 11) is 1.33. The fraction of sp³-hybridized carbons (Fsp3) is 0.158. The van der Waals surface area contributed by atoms with Crippen molar-refractivity contribution in [1.29, 1.82) is 0 Å². The van der Waals surface area contributed by atoms with Crippen molar-refractivity contribution in [3.05, 3.63) is 74.8 Å². The van der Waals surface area contributed by atoms with Crippen LogP contribution in [-0.2, 0) is 9.53 Å². The number of carbonyl (C=O) groups excluding carboxylic acids is 2. The van der Waals surface area contributed by atoms with E-state index in [1.807, 2.05) is 18.2 Å². The van der Waals surface area contributed by atoms with Gasteiger partial charge in [0.2, 0.25) is 0 Å². The predicted molar refractivity (Wildman–Crippen MR) is 94.7 cm³/mol. The number of nitrogens with one attached hydrogen (secondary N) is 1. The lowest BCUT2D eigenvalue weighted by Gasteiger charge is -2.27. The maximum atomic E-state index is 13.1. The van der Waals surface area contributed by atoms with E-state index in [1.165, 1.54) is 7.11 Å². The van der Waals surface area contributed by atoms with Crippen LogP contribution < -0.4 is 5.32 Å². The number of halogens is 1. The molecule has 0 bridgehead atoms. The fourth-order valence-electron chi connectivity index (χ4n) is 3.48. The number of dihydropyridines is 1. The van der Waals surface area contributed by atoms with E-state index in [0.29, 0.717) is 32.8 Å². The second-order valence-electron chi connectivity index (χ2n) is 5.89. The maximum absolute atomic E-state index is 13.1. The minimum atomic E-state index is -0.616. The topological polar surface area (TPSA) is 68.5 Å². The monoisotopic (exact) mass is 399 g/mol. The Kier molecular flexibility index (Phi) is 3.65. The van der Waals surface area contributed by atoms with Gasteiger partial charge in [0.15, 0.2) is 10.5 Å². The number of rotatable bonds is 2. The van der Waals surface area contributed by atoms with Crippen molar-refractivity contribution in [2.24, 2.45) is 0 Å². The van der Waals surface area contributed by atoms with E-state index in [-0.39, 0.29) is 5.78 Å². The van der Waals surface area contributed by atoms with E-state index in [2.05, 4.69) is 21.2 Å². The van der Waals surface area contributed by atoms with E-state index in [4.69, 9.17) is 9.15 Å². The molecule has 2 aromatic rings. The Bertz CT molecular complexity index is 983. The van der Waals surface area contributed by atoms with Gasteiger partial charge in [-0.1, -0.05) is 24.3 Å². The molecule has 6 heteroatoms. The van der Waals surface area contributed by atoms with Gasteiger partial charge in [-0.3, -0.25) is 4.79 Å². The Morgan fingerprint density at radius 3 is 2.56 bits per heavy atom. The molecule has 1 aromatic carbocycles. The average Bonchev–Trinajstić information content (AvgIpc) is 3.16. The molecule has 1 N–H and O–H groups in total.